The van der Waals surface area contributed by atoms with Gasteiger partial charge in [-0.1, -0.05) is 6.92 Å². The molecule has 0 aliphatic rings. The first-order valence-corrected chi connectivity index (χ1v) is 6.85. The lowest BCUT2D eigenvalue weighted by atomic mass is 10.4. The van der Waals surface area contributed by atoms with Gasteiger partial charge in [0.05, 0.1) is 5.69 Å². The van der Waals surface area contributed by atoms with Gasteiger partial charge in [-0.25, -0.2) is 4.98 Å². The van der Waals surface area contributed by atoms with E-state index in [0.29, 0.717) is 13.1 Å². The molecule has 104 valence electrons. The topological polar surface area (TPSA) is 29.9 Å². The number of aromatic nitrogens is 2. The van der Waals surface area contributed by atoms with Crippen LogP contribution in [0.25, 0.3) is 0 Å². The molecule has 0 saturated heterocycles. The van der Waals surface area contributed by atoms with Gasteiger partial charge >= 0.3 is 5.51 Å². The lowest BCUT2D eigenvalue weighted by molar-refractivity contribution is -0.0328. The van der Waals surface area contributed by atoms with E-state index >= 15 is 0 Å². The first kappa shape index (κ1) is 15.4. The minimum atomic E-state index is -4.16. The third kappa shape index (κ3) is 5.30. The summed E-state index contributed by atoms with van der Waals surface area (Å²) in [6.07, 6.45) is 2.74. The molecule has 0 spiro atoms. The van der Waals surface area contributed by atoms with Gasteiger partial charge in [-0.05, 0) is 31.7 Å². The van der Waals surface area contributed by atoms with Crippen LogP contribution in [0.3, 0.4) is 0 Å². The summed E-state index contributed by atoms with van der Waals surface area (Å²) in [5, 5.41) is 3.22. The van der Waals surface area contributed by atoms with Gasteiger partial charge in [0.2, 0.25) is 0 Å². The highest BCUT2D eigenvalue weighted by Crippen LogP contribution is 2.30. The molecule has 0 amide bonds. The van der Waals surface area contributed by atoms with E-state index < -0.39 is 5.51 Å². The van der Waals surface area contributed by atoms with E-state index in [1.54, 1.807) is 6.20 Å². The molecule has 1 N–H and O–H groups in total. The van der Waals surface area contributed by atoms with Gasteiger partial charge in [-0.2, -0.15) is 13.2 Å². The highest BCUT2D eigenvalue weighted by molar-refractivity contribution is 8.00. The minimum absolute atomic E-state index is 0.00854. The summed E-state index contributed by atoms with van der Waals surface area (Å²) in [4.78, 5) is 4.14. The Balaban J connectivity index is 2.50. The lowest BCUT2D eigenvalue weighted by Crippen LogP contribution is -2.18. The number of hydrogen-bond donors (Lipinski definition) is 1. The van der Waals surface area contributed by atoms with Gasteiger partial charge in [-0.3, -0.25) is 0 Å². The second kappa shape index (κ2) is 7.04. The summed E-state index contributed by atoms with van der Waals surface area (Å²) in [7, 11) is 0. The van der Waals surface area contributed by atoms with Crippen LogP contribution in [0.1, 0.15) is 24.9 Å². The normalized spacial score (nSPS) is 12.1. The van der Waals surface area contributed by atoms with Crippen LogP contribution in [0.5, 0.6) is 0 Å². The number of rotatable bonds is 7. The van der Waals surface area contributed by atoms with E-state index in [4.69, 9.17) is 0 Å². The highest BCUT2D eigenvalue weighted by Gasteiger charge is 2.27. The molecule has 3 nitrogen and oxygen atoms in total. The van der Waals surface area contributed by atoms with E-state index in [1.807, 2.05) is 11.5 Å². The molecule has 0 bridgehead atoms. The number of alkyl halides is 3. The van der Waals surface area contributed by atoms with Crippen molar-refractivity contribution in [2.45, 2.75) is 38.9 Å². The predicted octanol–water partition coefficient (Wildman–Crippen LogP) is 2.94. The Kier molecular flexibility index (Phi) is 6.01. The van der Waals surface area contributed by atoms with Gasteiger partial charge in [0.1, 0.15) is 5.82 Å². The van der Waals surface area contributed by atoms with Gasteiger partial charge in [0.15, 0.2) is 0 Å². The number of nitrogens with zero attached hydrogens (tertiary/aromatic N) is 2. The second-order valence-corrected chi connectivity index (χ2v) is 5.08. The van der Waals surface area contributed by atoms with Crippen LogP contribution in [-0.2, 0) is 13.1 Å². The van der Waals surface area contributed by atoms with Gasteiger partial charge in [0, 0.05) is 25.0 Å². The number of imidazole rings is 1. The summed E-state index contributed by atoms with van der Waals surface area (Å²) in [6.45, 7) is 5.74. The van der Waals surface area contributed by atoms with Crippen LogP contribution < -0.4 is 5.32 Å². The Labute approximate surface area is 109 Å². The average molecular weight is 281 g/mol. The van der Waals surface area contributed by atoms with E-state index in [-0.39, 0.29) is 17.5 Å². The molecular weight excluding hydrogens is 263 g/mol. The number of aryl methyl sites for hydroxylation is 1. The molecule has 0 atom stereocenters. The molecule has 0 saturated carbocycles. The highest BCUT2D eigenvalue weighted by atomic mass is 32.2. The molecule has 0 aromatic carbocycles. The molecule has 1 rings (SSSR count). The molecule has 18 heavy (non-hydrogen) atoms. The molecule has 0 aliphatic heterocycles. The van der Waals surface area contributed by atoms with Gasteiger partial charge in [-0.15, -0.1) is 0 Å². The Bertz CT molecular complexity index is 363. The molecular formula is C11H18F3N3S. The zero-order valence-electron chi connectivity index (χ0n) is 10.5. The van der Waals surface area contributed by atoms with Crippen molar-refractivity contribution in [3.05, 3.63) is 17.7 Å². The fraction of sp³-hybridized carbons (Fsp3) is 0.727. The molecule has 0 unspecified atom stereocenters. The molecule has 0 aliphatic carbocycles. The Morgan fingerprint density at radius 2 is 2.17 bits per heavy atom. The van der Waals surface area contributed by atoms with Crippen LogP contribution in [0.4, 0.5) is 13.2 Å². The Morgan fingerprint density at radius 3 is 2.78 bits per heavy atom. The first-order chi connectivity index (χ1) is 8.44. The van der Waals surface area contributed by atoms with Crippen molar-refractivity contribution in [1.29, 1.82) is 0 Å². The van der Waals surface area contributed by atoms with Crippen molar-refractivity contribution in [2.75, 3.05) is 12.3 Å². The maximum Gasteiger partial charge on any atom is 0.441 e. The van der Waals surface area contributed by atoms with Crippen molar-refractivity contribution in [3.63, 3.8) is 0 Å². The first-order valence-electron chi connectivity index (χ1n) is 5.86. The SMILES string of the molecule is CCCNCc1cnc(C)n1CCSC(F)(F)F. The summed E-state index contributed by atoms with van der Waals surface area (Å²) >= 11 is 0.00854. The molecule has 7 heteroatoms. The zero-order valence-corrected chi connectivity index (χ0v) is 11.4. The second-order valence-electron chi connectivity index (χ2n) is 3.92. The Morgan fingerprint density at radius 1 is 1.44 bits per heavy atom. The molecule has 1 aromatic rings. The summed E-state index contributed by atoms with van der Waals surface area (Å²) in [6, 6.07) is 0. The average Bonchev–Trinajstić information content (AvgIpc) is 2.60. The lowest BCUT2D eigenvalue weighted by Gasteiger charge is -2.11. The van der Waals surface area contributed by atoms with Crippen LogP contribution in [-0.4, -0.2) is 27.4 Å². The fourth-order valence-corrected chi connectivity index (χ4v) is 2.11. The smallest absolute Gasteiger partial charge is 0.330 e. The van der Waals surface area contributed by atoms with Crippen LogP contribution in [0.15, 0.2) is 6.20 Å². The quantitative estimate of drug-likeness (QED) is 0.779. The molecule has 0 radical (unpaired) electrons. The zero-order chi connectivity index (χ0) is 13.6. The summed E-state index contributed by atoms with van der Waals surface area (Å²) in [5.74, 6) is 0.771. The van der Waals surface area contributed by atoms with Crippen molar-refractivity contribution in [2.24, 2.45) is 0 Å². The van der Waals surface area contributed by atoms with Crippen molar-refractivity contribution >= 4 is 11.8 Å². The van der Waals surface area contributed by atoms with E-state index in [0.717, 1.165) is 24.5 Å². The van der Waals surface area contributed by atoms with E-state index in [2.05, 4.69) is 17.2 Å². The number of thioether (sulfide) groups is 1. The minimum Gasteiger partial charge on any atom is -0.330 e. The fourth-order valence-electron chi connectivity index (χ4n) is 1.61. The predicted molar refractivity (Wildman–Crippen MR) is 67.5 cm³/mol. The van der Waals surface area contributed by atoms with E-state index in [9.17, 15) is 13.2 Å². The standard InChI is InChI=1S/C11H18F3N3S/c1-3-4-15-7-10-8-16-9(2)17(10)5-6-18-11(12,13)14/h8,15H,3-7H2,1-2H3. The third-order valence-corrected chi connectivity index (χ3v) is 3.17. The van der Waals surface area contributed by atoms with Crippen LogP contribution >= 0.6 is 11.8 Å². The number of hydrogen-bond acceptors (Lipinski definition) is 3. The van der Waals surface area contributed by atoms with Crippen molar-refractivity contribution < 1.29 is 13.2 Å². The monoisotopic (exact) mass is 281 g/mol. The van der Waals surface area contributed by atoms with Crippen molar-refractivity contribution in [1.82, 2.24) is 14.9 Å². The largest absolute Gasteiger partial charge is 0.441 e. The number of nitrogens with one attached hydrogen (secondary N) is 1. The molecule has 1 aromatic heterocycles. The van der Waals surface area contributed by atoms with Gasteiger partial charge < -0.3 is 9.88 Å². The summed E-state index contributed by atoms with van der Waals surface area (Å²) < 4.78 is 38.0. The maximum absolute atomic E-state index is 12.1. The summed E-state index contributed by atoms with van der Waals surface area (Å²) in [5.41, 5.74) is -3.22. The van der Waals surface area contributed by atoms with Crippen molar-refractivity contribution in [3.8, 4) is 0 Å². The van der Waals surface area contributed by atoms with Crippen LogP contribution in [0.2, 0.25) is 0 Å². The van der Waals surface area contributed by atoms with E-state index in [1.165, 1.54) is 0 Å². The molecule has 0 fully saturated rings. The third-order valence-electron chi connectivity index (χ3n) is 2.45. The number of halogens is 3. The van der Waals surface area contributed by atoms with Crippen LogP contribution in [0, 0.1) is 6.92 Å². The van der Waals surface area contributed by atoms with Gasteiger partial charge in [0.25, 0.3) is 0 Å². The maximum atomic E-state index is 12.1. The molecule has 1 heterocycles. The Hall–Kier alpha value is -0.690.